The average Bonchev–Trinajstić information content (AvgIpc) is 2.41. The summed E-state index contributed by atoms with van der Waals surface area (Å²) in [5, 5.41) is 3.29. The number of carbonyl (C=O) groups is 1. The third-order valence-electron chi connectivity index (χ3n) is 2.67. The van der Waals surface area contributed by atoms with Crippen LogP contribution in [0.4, 0.5) is 5.69 Å². The Balaban J connectivity index is 2.38. The first-order chi connectivity index (χ1) is 9.88. The molecule has 108 valence electrons. The first-order valence-corrected chi connectivity index (χ1v) is 8.40. The number of hydrogen-bond donors (Lipinski definition) is 2. The topological polar surface area (TPSA) is 55.1 Å². The molecule has 2 aromatic rings. The highest BCUT2D eigenvalue weighted by Gasteiger charge is 2.14. The van der Waals surface area contributed by atoms with E-state index >= 15 is 0 Å². The van der Waals surface area contributed by atoms with E-state index in [1.807, 2.05) is 12.1 Å². The Labute approximate surface area is 154 Å². The fraction of sp³-hybridized carbons (Fsp3) is 0. The summed E-state index contributed by atoms with van der Waals surface area (Å²) in [6.07, 6.45) is 0. The van der Waals surface area contributed by atoms with E-state index in [9.17, 15) is 4.79 Å². The van der Waals surface area contributed by atoms with Crippen molar-refractivity contribution in [2.75, 3.05) is 5.32 Å². The van der Waals surface area contributed by atoms with Crippen LogP contribution in [-0.2, 0) is 0 Å². The largest absolute Gasteiger partial charge is 0.389 e. The summed E-state index contributed by atoms with van der Waals surface area (Å²) in [4.78, 5) is 12.6. The van der Waals surface area contributed by atoms with Crippen molar-refractivity contribution in [2.24, 2.45) is 5.73 Å². The van der Waals surface area contributed by atoms with Crippen molar-refractivity contribution >= 4 is 78.9 Å². The molecule has 0 saturated carbocycles. The molecule has 0 radical (unpaired) electrons. The molecule has 0 spiro atoms. The van der Waals surface area contributed by atoms with E-state index in [1.54, 1.807) is 24.3 Å². The highest BCUT2D eigenvalue weighted by Crippen LogP contribution is 2.24. The molecule has 3 nitrogen and oxygen atoms in total. The van der Waals surface area contributed by atoms with Crippen LogP contribution in [0.1, 0.15) is 15.9 Å². The summed E-state index contributed by atoms with van der Waals surface area (Å²) in [6.45, 7) is 0. The molecule has 0 aliphatic carbocycles. The molecule has 0 heterocycles. The highest BCUT2D eigenvalue weighted by molar-refractivity contribution is 14.1. The molecule has 1 amide bonds. The van der Waals surface area contributed by atoms with Gasteiger partial charge in [0, 0.05) is 18.6 Å². The number of halogens is 3. The number of rotatable bonds is 3. The highest BCUT2D eigenvalue weighted by atomic mass is 127. The van der Waals surface area contributed by atoms with Crippen molar-refractivity contribution in [3.8, 4) is 0 Å². The van der Waals surface area contributed by atoms with Crippen molar-refractivity contribution in [3.05, 3.63) is 60.6 Å². The molecule has 2 aromatic carbocycles. The van der Waals surface area contributed by atoms with Crippen LogP contribution in [0.2, 0.25) is 5.02 Å². The van der Waals surface area contributed by atoms with Gasteiger partial charge in [-0.05, 0) is 74.9 Å². The van der Waals surface area contributed by atoms with Crippen LogP contribution >= 0.6 is 62.3 Å². The van der Waals surface area contributed by atoms with Gasteiger partial charge < -0.3 is 11.1 Å². The lowest BCUT2D eigenvalue weighted by atomic mass is 10.1. The van der Waals surface area contributed by atoms with Gasteiger partial charge in [0.2, 0.25) is 0 Å². The number of benzene rings is 2. The first-order valence-electron chi connectivity index (χ1n) is 5.74. The van der Waals surface area contributed by atoms with Crippen LogP contribution in [0.5, 0.6) is 0 Å². The second kappa shape index (κ2) is 7.04. The van der Waals surface area contributed by atoms with Crippen molar-refractivity contribution in [3.63, 3.8) is 0 Å². The summed E-state index contributed by atoms with van der Waals surface area (Å²) < 4.78 is 1.67. The zero-order valence-corrected chi connectivity index (χ0v) is 15.8. The summed E-state index contributed by atoms with van der Waals surface area (Å²) in [7, 11) is 0. The van der Waals surface area contributed by atoms with Gasteiger partial charge in [-0.15, -0.1) is 0 Å². The smallest absolute Gasteiger partial charge is 0.256 e. The Kier molecular flexibility index (Phi) is 5.59. The van der Waals surface area contributed by atoms with Gasteiger partial charge in [0.05, 0.1) is 11.3 Å². The Morgan fingerprint density at radius 3 is 2.62 bits per heavy atom. The summed E-state index contributed by atoms with van der Waals surface area (Å²) in [5.74, 6) is -0.264. The van der Waals surface area contributed by atoms with Gasteiger partial charge in [-0.3, -0.25) is 4.79 Å². The lowest BCUT2D eigenvalue weighted by molar-refractivity contribution is 0.102. The Hall–Kier alpha value is -0.700. The lowest BCUT2D eigenvalue weighted by Crippen LogP contribution is -2.18. The zero-order chi connectivity index (χ0) is 15.6. The van der Waals surface area contributed by atoms with Crippen LogP contribution in [0.3, 0.4) is 0 Å². The van der Waals surface area contributed by atoms with Gasteiger partial charge in [0.25, 0.3) is 5.91 Å². The normalized spacial score (nSPS) is 10.2. The number of anilines is 1. The van der Waals surface area contributed by atoms with E-state index < -0.39 is 0 Å². The summed E-state index contributed by atoms with van der Waals surface area (Å²) in [5.41, 5.74) is 7.25. The molecule has 0 bridgehead atoms. The lowest BCUT2D eigenvalue weighted by Gasteiger charge is -2.12. The summed E-state index contributed by atoms with van der Waals surface area (Å²) in [6, 6.07) is 10.5. The minimum absolute atomic E-state index is 0.198. The molecule has 0 atom stereocenters. The van der Waals surface area contributed by atoms with E-state index in [-0.39, 0.29) is 10.9 Å². The predicted molar refractivity (Wildman–Crippen MR) is 102 cm³/mol. The number of amides is 1. The molecule has 0 fully saturated rings. The van der Waals surface area contributed by atoms with E-state index in [4.69, 9.17) is 29.6 Å². The molecule has 0 unspecified atom stereocenters. The van der Waals surface area contributed by atoms with Crippen molar-refractivity contribution < 1.29 is 4.79 Å². The Bertz CT molecular complexity index is 739. The second-order valence-corrected chi connectivity index (χ2v) is 7.11. The molecule has 0 aromatic heterocycles. The van der Waals surface area contributed by atoms with Crippen molar-refractivity contribution in [1.82, 2.24) is 0 Å². The van der Waals surface area contributed by atoms with E-state index in [0.717, 1.165) is 3.57 Å². The first kappa shape index (κ1) is 16.7. The van der Waals surface area contributed by atoms with Crippen LogP contribution in [0.25, 0.3) is 0 Å². The van der Waals surface area contributed by atoms with Gasteiger partial charge in [0.15, 0.2) is 0 Å². The molecule has 7 heteroatoms. The van der Waals surface area contributed by atoms with Crippen LogP contribution < -0.4 is 11.1 Å². The van der Waals surface area contributed by atoms with Gasteiger partial charge >= 0.3 is 0 Å². The fourth-order valence-electron chi connectivity index (χ4n) is 1.70. The zero-order valence-electron chi connectivity index (χ0n) is 10.5. The molecular weight excluding hydrogens is 486 g/mol. The van der Waals surface area contributed by atoms with Crippen LogP contribution in [0.15, 0.2) is 40.9 Å². The minimum atomic E-state index is -0.264. The van der Waals surface area contributed by atoms with Gasteiger partial charge in [-0.25, -0.2) is 0 Å². The molecule has 3 N–H and O–H groups in total. The molecule has 0 saturated heterocycles. The van der Waals surface area contributed by atoms with Crippen LogP contribution in [0, 0.1) is 3.57 Å². The Morgan fingerprint density at radius 1 is 1.24 bits per heavy atom. The summed E-state index contributed by atoms with van der Waals surface area (Å²) >= 11 is 16.5. The number of nitrogens with one attached hydrogen (secondary N) is 1. The van der Waals surface area contributed by atoms with Gasteiger partial charge in [-0.1, -0.05) is 23.8 Å². The maximum absolute atomic E-state index is 12.4. The van der Waals surface area contributed by atoms with Gasteiger partial charge in [0.1, 0.15) is 4.99 Å². The van der Waals surface area contributed by atoms with E-state index in [2.05, 4.69) is 43.8 Å². The fourth-order valence-corrected chi connectivity index (χ4v) is 2.96. The molecule has 0 aliphatic heterocycles. The van der Waals surface area contributed by atoms with Crippen LogP contribution in [-0.4, -0.2) is 10.9 Å². The van der Waals surface area contributed by atoms with Gasteiger partial charge in [-0.2, -0.15) is 0 Å². The quantitative estimate of drug-likeness (QED) is 0.484. The van der Waals surface area contributed by atoms with Crippen molar-refractivity contribution in [1.29, 1.82) is 0 Å². The second-order valence-electron chi connectivity index (χ2n) is 4.13. The standard InChI is InChI=1S/C14H9BrClIN2OS/c15-11-4-2-8(17)6-10(11)14(20)19-12-5-7(16)1-3-9(12)13(18)21/h1-6H,(H2,18,21)(H,19,20). The maximum Gasteiger partial charge on any atom is 0.256 e. The number of nitrogens with two attached hydrogens (primary N) is 1. The van der Waals surface area contributed by atoms with E-state index in [1.165, 1.54) is 0 Å². The van der Waals surface area contributed by atoms with Crippen molar-refractivity contribution in [2.45, 2.75) is 0 Å². The third-order valence-corrected chi connectivity index (χ3v) is 4.49. The maximum atomic E-state index is 12.4. The molecule has 21 heavy (non-hydrogen) atoms. The SMILES string of the molecule is NC(=S)c1ccc(Cl)cc1NC(=O)c1cc(I)ccc1Br. The number of thiocarbonyl (C=S) groups is 1. The predicted octanol–water partition coefficient (Wildman–Crippen LogP) is 4.59. The minimum Gasteiger partial charge on any atom is -0.389 e. The average molecular weight is 496 g/mol. The third kappa shape index (κ3) is 4.15. The monoisotopic (exact) mass is 494 g/mol. The van der Waals surface area contributed by atoms with E-state index in [0.29, 0.717) is 26.3 Å². The number of carbonyl (C=O) groups excluding carboxylic acids is 1. The molecule has 0 aliphatic rings. The molecule has 2 rings (SSSR count). The number of hydrogen-bond acceptors (Lipinski definition) is 2. The Morgan fingerprint density at radius 2 is 1.95 bits per heavy atom. The molecular formula is C14H9BrClIN2OS.